The maximum Gasteiger partial charge on any atom is 0.337 e. The predicted molar refractivity (Wildman–Crippen MR) is 97.8 cm³/mol. The lowest BCUT2D eigenvalue weighted by Gasteiger charge is -2.16. The van der Waals surface area contributed by atoms with Gasteiger partial charge in [-0.15, -0.1) is 0 Å². The van der Waals surface area contributed by atoms with Crippen molar-refractivity contribution in [2.45, 2.75) is 13.0 Å². The number of esters is 1. The molecule has 0 saturated heterocycles. The van der Waals surface area contributed by atoms with E-state index in [-0.39, 0.29) is 18.6 Å². The van der Waals surface area contributed by atoms with E-state index in [1.807, 2.05) is 19.1 Å². The van der Waals surface area contributed by atoms with Crippen molar-refractivity contribution in [2.75, 3.05) is 20.8 Å². The van der Waals surface area contributed by atoms with Crippen LogP contribution in [0.15, 0.2) is 42.5 Å². The molecule has 0 fully saturated rings. The van der Waals surface area contributed by atoms with Crippen molar-refractivity contribution in [1.29, 1.82) is 0 Å². The number of hydrogen-bond donors (Lipinski definition) is 1. The summed E-state index contributed by atoms with van der Waals surface area (Å²) in [6.45, 7) is 1.66. The van der Waals surface area contributed by atoms with E-state index in [0.29, 0.717) is 22.1 Å². The second-order valence-electron chi connectivity index (χ2n) is 5.49. The van der Waals surface area contributed by atoms with Gasteiger partial charge in [0.15, 0.2) is 18.1 Å². The quantitative estimate of drug-likeness (QED) is 0.748. The molecule has 0 heterocycles. The Kier molecular flexibility index (Phi) is 6.86. The Balaban J connectivity index is 1.97. The van der Waals surface area contributed by atoms with Gasteiger partial charge in [0.2, 0.25) is 0 Å². The molecule has 0 aliphatic heterocycles. The molecule has 0 bridgehead atoms. The number of carbonyl (C=O) groups excluding carboxylic acids is 2. The van der Waals surface area contributed by atoms with Crippen LogP contribution < -0.4 is 14.8 Å². The number of hydrogen-bond acceptors (Lipinski definition) is 5. The summed E-state index contributed by atoms with van der Waals surface area (Å²) < 4.78 is 15.4. The Labute approximate surface area is 157 Å². The van der Waals surface area contributed by atoms with E-state index in [2.05, 4.69) is 10.1 Å². The fourth-order valence-electron chi connectivity index (χ4n) is 2.32. The van der Waals surface area contributed by atoms with Crippen LogP contribution in [0.1, 0.15) is 28.9 Å². The first-order valence-electron chi connectivity index (χ1n) is 7.88. The largest absolute Gasteiger partial charge is 0.493 e. The predicted octanol–water partition coefficient (Wildman–Crippen LogP) is 3.39. The topological polar surface area (TPSA) is 73.9 Å². The van der Waals surface area contributed by atoms with E-state index in [0.717, 1.165) is 5.56 Å². The first-order valence-corrected chi connectivity index (χ1v) is 8.26. The number of benzene rings is 2. The van der Waals surface area contributed by atoms with Gasteiger partial charge in [0.1, 0.15) is 0 Å². The van der Waals surface area contributed by atoms with Crippen molar-refractivity contribution in [1.82, 2.24) is 5.32 Å². The van der Waals surface area contributed by atoms with Crippen molar-refractivity contribution < 1.29 is 23.8 Å². The highest BCUT2D eigenvalue weighted by Gasteiger charge is 2.14. The molecule has 1 amide bonds. The molecule has 2 rings (SSSR count). The highest BCUT2D eigenvalue weighted by Crippen LogP contribution is 2.28. The van der Waals surface area contributed by atoms with Gasteiger partial charge in [0.05, 0.1) is 25.8 Å². The van der Waals surface area contributed by atoms with Gasteiger partial charge in [0, 0.05) is 5.02 Å². The van der Waals surface area contributed by atoms with Gasteiger partial charge in [-0.25, -0.2) is 4.79 Å². The second-order valence-corrected chi connectivity index (χ2v) is 5.93. The molecule has 0 aliphatic carbocycles. The Bertz CT molecular complexity index is 793. The molecule has 0 unspecified atom stereocenters. The molecule has 138 valence electrons. The Morgan fingerprint density at radius 3 is 2.54 bits per heavy atom. The van der Waals surface area contributed by atoms with Crippen LogP contribution in [0, 0.1) is 0 Å². The Morgan fingerprint density at radius 1 is 1.12 bits per heavy atom. The molecule has 26 heavy (non-hydrogen) atoms. The van der Waals surface area contributed by atoms with Gasteiger partial charge in [-0.2, -0.15) is 0 Å². The van der Waals surface area contributed by atoms with Crippen LogP contribution in [0.5, 0.6) is 11.5 Å². The van der Waals surface area contributed by atoms with Crippen LogP contribution in [-0.2, 0) is 9.53 Å². The zero-order chi connectivity index (χ0) is 19.1. The van der Waals surface area contributed by atoms with Gasteiger partial charge in [-0.05, 0) is 42.8 Å². The number of nitrogens with one attached hydrogen (secondary N) is 1. The molecule has 2 aromatic rings. The van der Waals surface area contributed by atoms with Crippen LogP contribution in [0.4, 0.5) is 0 Å². The summed E-state index contributed by atoms with van der Waals surface area (Å²) in [7, 11) is 2.75. The van der Waals surface area contributed by atoms with E-state index in [9.17, 15) is 9.59 Å². The third-order valence-corrected chi connectivity index (χ3v) is 3.90. The van der Waals surface area contributed by atoms with Crippen LogP contribution >= 0.6 is 11.6 Å². The monoisotopic (exact) mass is 377 g/mol. The summed E-state index contributed by atoms with van der Waals surface area (Å²) in [5.74, 6) is -0.0891. The zero-order valence-electron chi connectivity index (χ0n) is 14.7. The van der Waals surface area contributed by atoms with Crippen LogP contribution in [-0.4, -0.2) is 32.7 Å². The maximum atomic E-state index is 12.1. The lowest BCUT2D eigenvalue weighted by atomic mass is 10.1. The van der Waals surface area contributed by atoms with Gasteiger partial charge in [-0.1, -0.05) is 23.7 Å². The lowest BCUT2D eigenvalue weighted by Crippen LogP contribution is -2.31. The van der Waals surface area contributed by atoms with Crippen molar-refractivity contribution in [3.05, 3.63) is 58.6 Å². The maximum absolute atomic E-state index is 12.1. The summed E-state index contributed by atoms with van der Waals surface area (Å²) in [4.78, 5) is 23.7. The first-order chi connectivity index (χ1) is 12.4. The smallest absolute Gasteiger partial charge is 0.337 e. The molecule has 1 atom stereocenters. The fraction of sp³-hybridized carbons (Fsp3) is 0.263. The highest BCUT2D eigenvalue weighted by molar-refractivity contribution is 6.30. The minimum Gasteiger partial charge on any atom is -0.493 e. The average molecular weight is 378 g/mol. The number of halogens is 1. The first kappa shape index (κ1) is 19.6. The summed E-state index contributed by atoms with van der Waals surface area (Å²) >= 11 is 5.96. The molecule has 6 nitrogen and oxygen atoms in total. The third kappa shape index (κ3) is 5.13. The highest BCUT2D eigenvalue weighted by atomic mass is 35.5. The molecule has 0 aromatic heterocycles. The summed E-state index contributed by atoms with van der Waals surface area (Å²) in [6, 6.07) is 11.6. The van der Waals surface area contributed by atoms with Gasteiger partial charge < -0.3 is 19.5 Å². The van der Waals surface area contributed by atoms with Crippen LogP contribution in [0.3, 0.4) is 0 Å². The van der Waals surface area contributed by atoms with Gasteiger partial charge >= 0.3 is 5.97 Å². The lowest BCUT2D eigenvalue weighted by molar-refractivity contribution is -0.123. The Morgan fingerprint density at radius 2 is 1.88 bits per heavy atom. The fourth-order valence-corrected chi connectivity index (χ4v) is 2.52. The van der Waals surface area contributed by atoms with Crippen molar-refractivity contribution in [2.24, 2.45) is 0 Å². The summed E-state index contributed by atoms with van der Waals surface area (Å²) in [5.41, 5.74) is 1.22. The second kappa shape index (κ2) is 9.10. The van der Waals surface area contributed by atoms with Crippen molar-refractivity contribution in [3.8, 4) is 11.5 Å². The average Bonchev–Trinajstić information content (AvgIpc) is 2.65. The molecule has 0 spiro atoms. The number of methoxy groups -OCH3 is 2. The van der Waals surface area contributed by atoms with Gasteiger partial charge in [-0.3, -0.25) is 4.79 Å². The summed E-state index contributed by atoms with van der Waals surface area (Å²) in [5, 5.41) is 3.44. The normalized spacial score (nSPS) is 11.4. The standard InChI is InChI=1S/C19H20ClNO5/c1-12(13-5-4-6-15(20)9-13)21-18(22)11-26-16-8-7-14(19(23)25-3)10-17(16)24-2/h4-10,12H,11H2,1-3H3,(H,21,22)/t12-/m0/s1. The molecule has 1 N–H and O–H groups in total. The molecular weight excluding hydrogens is 358 g/mol. The molecule has 0 aliphatic rings. The van der Waals surface area contributed by atoms with Crippen LogP contribution in [0.25, 0.3) is 0 Å². The van der Waals surface area contributed by atoms with Gasteiger partial charge in [0.25, 0.3) is 5.91 Å². The Hall–Kier alpha value is -2.73. The molecule has 2 aromatic carbocycles. The van der Waals surface area contributed by atoms with E-state index < -0.39 is 5.97 Å². The minimum atomic E-state index is -0.483. The van der Waals surface area contributed by atoms with E-state index in [4.69, 9.17) is 21.1 Å². The van der Waals surface area contributed by atoms with E-state index in [1.54, 1.807) is 18.2 Å². The number of ether oxygens (including phenoxy) is 3. The molecule has 7 heteroatoms. The number of amides is 1. The minimum absolute atomic E-state index is 0.196. The third-order valence-electron chi connectivity index (χ3n) is 3.67. The number of rotatable bonds is 7. The SMILES string of the molecule is COC(=O)c1ccc(OCC(=O)N[C@@H](C)c2cccc(Cl)c2)c(OC)c1. The van der Waals surface area contributed by atoms with Crippen LogP contribution in [0.2, 0.25) is 5.02 Å². The summed E-state index contributed by atoms with van der Waals surface area (Å²) in [6.07, 6.45) is 0. The zero-order valence-corrected chi connectivity index (χ0v) is 15.5. The van der Waals surface area contributed by atoms with E-state index in [1.165, 1.54) is 26.4 Å². The molecule has 0 radical (unpaired) electrons. The van der Waals surface area contributed by atoms with Crippen molar-refractivity contribution >= 4 is 23.5 Å². The van der Waals surface area contributed by atoms with E-state index >= 15 is 0 Å². The number of carbonyl (C=O) groups is 2. The molecule has 0 saturated carbocycles. The molecular formula is C19H20ClNO5. The van der Waals surface area contributed by atoms with Crippen molar-refractivity contribution in [3.63, 3.8) is 0 Å².